The summed E-state index contributed by atoms with van der Waals surface area (Å²) in [6, 6.07) is -1.34. The normalized spacial score (nSPS) is 24.9. The first-order valence-electron chi connectivity index (χ1n) is 10.6. The molecule has 0 radical (unpaired) electrons. The second kappa shape index (κ2) is 13.2. The van der Waals surface area contributed by atoms with Crippen LogP contribution < -0.4 is 5.32 Å². The van der Waals surface area contributed by atoms with Crippen molar-refractivity contribution in [3.8, 4) is 0 Å². The van der Waals surface area contributed by atoms with Crippen LogP contribution in [0.15, 0.2) is 0 Å². The van der Waals surface area contributed by atoms with E-state index in [0.29, 0.717) is 0 Å². The van der Waals surface area contributed by atoms with Crippen LogP contribution >= 0.6 is 11.8 Å². The summed E-state index contributed by atoms with van der Waals surface area (Å²) in [5, 5.41) is 11.8. The maximum absolute atomic E-state index is 12.3. The summed E-state index contributed by atoms with van der Waals surface area (Å²) in [4.78, 5) is 81.0. The number of nitrogens with one attached hydrogen (secondary N) is 1. The molecule has 0 aromatic rings. The predicted molar refractivity (Wildman–Crippen MR) is 119 cm³/mol. The highest BCUT2D eigenvalue weighted by Crippen LogP contribution is 2.42. The number of carbonyl (C=O) groups excluding carboxylic acids is 6. The van der Waals surface area contributed by atoms with Crippen LogP contribution in [-0.2, 0) is 57.2 Å². The van der Waals surface area contributed by atoms with Gasteiger partial charge in [-0.2, -0.15) is 0 Å². The van der Waals surface area contributed by atoms with Gasteiger partial charge in [-0.3, -0.25) is 28.8 Å². The zero-order chi connectivity index (χ0) is 27.8. The number of aliphatic carboxylic acids is 1. The fourth-order valence-electron chi connectivity index (χ4n) is 3.59. The van der Waals surface area contributed by atoms with Crippen LogP contribution in [0.25, 0.3) is 0 Å². The summed E-state index contributed by atoms with van der Waals surface area (Å²) in [6.07, 6.45) is -6.87. The van der Waals surface area contributed by atoms with Crippen LogP contribution in [0.5, 0.6) is 0 Å². The van der Waals surface area contributed by atoms with Gasteiger partial charge in [0.25, 0.3) is 0 Å². The molecule has 2 N–H and O–H groups in total. The Kier molecular flexibility index (Phi) is 11.3. The summed E-state index contributed by atoms with van der Waals surface area (Å²) < 4.78 is 26.5. The Morgan fingerprint density at radius 2 is 1.53 bits per heavy atom. The summed E-state index contributed by atoms with van der Waals surface area (Å²) in [5.74, 6) is -5.71. The number of ether oxygens (including phenoxy) is 5. The van der Waals surface area contributed by atoms with Gasteiger partial charge in [-0.05, 0) is 11.8 Å². The molecule has 1 aliphatic rings. The van der Waals surface area contributed by atoms with E-state index in [4.69, 9.17) is 23.7 Å². The standard InChI is InChI=1S/C21H29NO13S/c1-9(23)22-17-15(32-11(3)25)7-21(20(29)30,36-14(6)28)35-19(17)18(34-13(5)27)16(33-12(4)26)8-31-10(2)24/h15-19H,7-8H2,1-6H3,(H,22,23)(H,29,30)/t15-,16+,17+,18+,19+,21-/m0/s1. The summed E-state index contributed by atoms with van der Waals surface area (Å²) >= 11 is 0.268. The van der Waals surface area contributed by atoms with Crippen LogP contribution in [0.4, 0.5) is 0 Å². The molecule has 0 aliphatic carbocycles. The molecular formula is C21H29NO13S. The van der Waals surface area contributed by atoms with Gasteiger partial charge >= 0.3 is 29.8 Å². The van der Waals surface area contributed by atoms with Gasteiger partial charge in [0.2, 0.25) is 10.8 Å². The third-order valence-corrected chi connectivity index (χ3v) is 5.69. The van der Waals surface area contributed by atoms with E-state index in [1.54, 1.807) is 0 Å². The number of carboxylic acids is 1. The molecule has 6 atom stereocenters. The van der Waals surface area contributed by atoms with E-state index in [1.165, 1.54) is 0 Å². The molecule has 15 heteroatoms. The fourth-order valence-corrected chi connectivity index (χ4v) is 4.55. The van der Waals surface area contributed by atoms with E-state index in [9.17, 15) is 38.7 Å². The minimum Gasteiger partial charge on any atom is -0.478 e. The van der Waals surface area contributed by atoms with Crippen molar-refractivity contribution in [3.05, 3.63) is 0 Å². The summed E-state index contributed by atoms with van der Waals surface area (Å²) in [7, 11) is 0. The van der Waals surface area contributed by atoms with Gasteiger partial charge in [0, 0.05) is 48.0 Å². The number of hydrogen-bond donors (Lipinski definition) is 2. The maximum Gasteiger partial charge on any atom is 0.347 e. The van der Waals surface area contributed by atoms with Crippen LogP contribution in [0, 0.1) is 0 Å². The summed E-state index contributed by atoms with van der Waals surface area (Å²) in [6.45, 7) is 5.69. The lowest BCUT2D eigenvalue weighted by atomic mass is 9.89. The number of carboxylic acid groups (broad SMARTS) is 1. The van der Waals surface area contributed by atoms with Gasteiger partial charge in [-0.25, -0.2) is 4.79 Å². The molecule has 0 spiro atoms. The third kappa shape index (κ3) is 9.11. The van der Waals surface area contributed by atoms with Crippen molar-refractivity contribution in [3.63, 3.8) is 0 Å². The molecule has 0 bridgehead atoms. The Balaban J connectivity index is 3.78. The van der Waals surface area contributed by atoms with E-state index < -0.39 is 89.3 Å². The number of rotatable bonds is 10. The Hall–Kier alpha value is -3.20. The van der Waals surface area contributed by atoms with Crippen LogP contribution in [0.1, 0.15) is 48.0 Å². The van der Waals surface area contributed by atoms with E-state index >= 15 is 0 Å². The van der Waals surface area contributed by atoms with Crippen LogP contribution in [-0.4, -0.2) is 88.0 Å². The van der Waals surface area contributed by atoms with Crippen LogP contribution in [0.3, 0.4) is 0 Å². The Morgan fingerprint density at radius 3 is 1.94 bits per heavy atom. The molecule has 0 saturated carbocycles. The molecule has 1 aliphatic heterocycles. The lowest BCUT2D eigenvalue weighted by Gasteiger charge is -2.48. The zero-order valence-corrected chi connectivity index (χ0v) is 21.4. The first kappa shape index (κ1) is 30.8. The molecule has 0 aromatic carbocycles. The van der Waals surface area contributed by atoms with Gasteiger partial charge in [-0.15, -0.1) is 0 Å². The lowest BCUT2D eigenvalue weighted by Crippen LogP contribution is -2.68. The highest BCUT2D eigenvalue weighted by atomic mass is 32.2. The first-order chi connectivity index (χ1) is 16.6. The van der Waals surface area contributed by atoms with E-state index in [1.807, 2.05) is 0 Å². The molecule has 1 saturated heterocycles. The van der Waals surface area contributed by atoms with Gasteiger partial charge in [0.1, 0.15) is 18.8 Å². The van der Waals surface area contributed by atoms with Crippen molar-refractivity contribution in [2.24, 2.45) is 0 Å². The molecule has 14 nitrogen and oxygen atoms in total. The average Bonchev–Trinajstić information content (AvgIpc) is 2.69. The van der Waals surface area contributed by atoms with E-state index in [-0.39, 0.29) is 11.8 Å². The molecular weight excluding hydrogens is 506 g/mol. The lowest BCUT2D eigenvalue weighted by molar-refractivity contribution is -0.223. The van der Waals surface area contributed by atoms with Gasteiger partial charge in [-0.1, -0.05) is 0 Å². The number of carbonyl (C=O) groups is 7. The topological polar surface area (TPSA) is 198 Å². The maximum atomic E-state index is 12.3. The smallest absolute Gasteiger partial charge is 0.347 e. The van der Waals surface area contributed by atoms with Crippen LogP contribution in [0.2, 0.25) is 0 Å². The quantitative estimate of drug-likeness (QED) is 0.273. The number of thioether (sulfide) groups is 1. The molecule has 36 heavy (non-hydrogen) atoms. The van der Waals surface area contributed by atoms with Crippen molar-refractivity contribution in [2.45, 2.75) is 83.4 Å². The molecule has 1 heterocycles. The highest BCUT2D eigenvalue weighted by Gasteiger charge is 2.58. The summed E-state index contributed by atoms with van der Waals surface area (Å²) in [5.41, 5.74) is 0. The molecule has 1 fully saturated rings. The molecule has 0 aromatic heterocycles. The third-order valence-electron chi connectivity index (χ3n) is 4.63. The highest BCUT2D eigenvalue weighted by molar-refractivity contribution is 8.15. The first-order valence-corrected chi connectivity index (χ1v) is 11.4. The van der Waals surface area contributed by atoms with Crippen molar-refractivity contribution in [2.75, 3.05) is 6.61 Å². The van der Waals surface area contributed by atoms with Crippen molar-refractivity contribution >= 4 is 52.6 Å². The largest absolute Gasteiger partial charge is 0.478 e. The SMILES string of the molecule is CC(=O)N[C@H]1[C@H]([C@H](OC(C)=O)[C@@H](COC(C)=O)OC(C)=O)O[C@@](SC(C)=O)(C(=O)O)C[C@@H]1OC(C)=O. The molecule has 1 rings (SSSR count). The fraction of sp³-hybridized carbons (Fsp3) is 0.667. The zero-order valence-electron chi connectivity index (χ0n) is 20.6. The second-order valence-corrected chi connectivity index (χ2v) is 9.28. The Morgan fingerprint density at radius 1 is 0.944 bits per heavy atom. The van der Waals surface area contributed by atoms with Crippen molar-refractivity contribution in [1.29, 1.82) is 0 Å². The monoisotopic (exact) mass is 535 g/mol. The van der Waals surface area contributed by atoms with Gasteiger partial charge in [0.05, 0.1) is 6.04 Å². The van der Waals surface area contributed by atoms with Crippen molar-refractivity contribution in [1.82, 2.24) is 5.32 Å². The second-order valence-electron chi connectivity index (χ2n) is 7.84. The minimum atomic E-state index is -2.35. The van der Waals surface area contributed by atoms with Gasteiger partial charge < -0.3 is 34.1 Å². The predicted octanol–water partition coefficient (Wildman–Crippen LogP) is -0.301. The number of hydrogen-bond acceptors (Lipinski definition) is 13. The molecule has 1 amide bonds. The molecule has 202 valence electrons. The average molecular weight is 536 g/mol. The number of esters is 4. The van der Waals surface area contributed by atoms with Crippen molar-refractivity contribution < 1.29 is 62.4 Å². The minimum absolute atomic E-state index is 0.268. The van der Waals surface area contributed by atoms with E-state index in [2.05, 4.69) is 5.32 Å². The molecule has 0 unspecified atom stereocenters. The Bertz CT molecular complexity index is 906. The Labute approximate surface area is 210 Å². The van der Waals surface area contributed by atoms with Gasteiger partial charge in [0.15, 0.2) is 17.3 Å². The number of amides is 1. The van der Waals surface area contributed by atoms with E-state index in [0.717, 1.165) is 41.5 Å².